The van der Waals surface area contributed by atoms with Crippen LogP contribution in [0.15, 0.2) is 31.2 Å². The van der Waals surface area contributed by atoms with Gasteiger partial charge in [0, 0.05) is 24.8 Å². The Morgan fingerprint density at radius 1 is 1.55 bits per heavy atom. The molecule has 0 aliphatic carbocycles. The highest BCUT2D eigenvalue weighted by molar-refractivity contribution is 5.88. The average Bonchev–Trinajstić information content (AvgIpc) is 3.03. The van der Waals surface area contributed by atoms with E-state index in [9.17, 15) is 4.79 Å². The van der Waals surface area contributed by atoms with Crippen LogP contribution in [0.3, 0.4) is 0 Å². The van der Waals surface area contributed by atoms with Gasteiger partial charge < -0.3 is 15.2 Å². The number of carbonyl (C=O) groups excluding carboxylic acids is 1. The second-order valence-electron chi connectivity index (χ2n) is 5.64. The van der Waals surface area contributed by atoms with Crippen LogP contribution in [0.2, 0.25) is 0 Å². The fourth-order valence-electron chi connectivity index (χ4n) is 3.14. The molecule has 1 unspecified atom stereocenters. The van der Waals surface area contributed by atoms with Crippen molar-refractivity contribution in [2.75, 3.05) is 11.9 Å². The number of hydrogen-bond donors (Lipinski definition) is 2. The summed E-state index contributed by atoms with van der Waals surface area (Å²) in [4.78, 5) is 25.6. The number of nitrogens with zero attached hydrogens (tertiary/aromatic N) is 3. The summed E-state index contributed by atoms with van der Waals surface area (Å²) in [6.07, 6.45) is 7.80. The van der Waals surface area contributed by atoms with Crippen molar-refractivity contribution < 1.29 is 4.79 Å². The number of fused-ring (bicyclic) bond motifs is 1. The number of aromatic amines is 1. The van der Waals surface area contributed by atoms with Gasteiger partial charge in [-0.25, -0.2) is 9.97 Å². The van der Waals surface area contributed by atoms with Crippen molar-refractivity contribution in [3.8, 4) is 0 Å². The summed E-state index contributed by atoms with van der Waals surface area (Å²) in [6.45, 7) is 6.41. The van der Waals surface area contributed by atoms with Gasteiger partial charge in [0.15, 0.2) is 0 Å². The zero-order valence-corrected chi connectivity index (χ0v) is 12.7. The summed E-state index contributed by atoms with van der Waals surface area (Å²) in [5.41, 5.74) is 0.818. The molecule has 0 radical (unpaired) electrons. The van der Waals surface area contributed by atoms with E-state index < -0.39 is 0 Å². The first-order valence-electron chi connectivity index (χ1n) is 7.70. The van der Waals surface area contributed by atoms with E-state index in [1.54, 1.807) is 6.33 Å². The van der Waals surface area contributed by atoms with E-state index in [-0.39, 0.29) is 11.9 Å². The minimum Gasteiger partial charge on any atom is -0.365 e. The molecule has 0 spiro atoms. The van der Waals surface area contributed by atoms with Crippen LogP contribution in [0.4, 0.5) is 5.82 Å². The van der Waals surface area contributed by atoms with E-state index in [2.05, 4.69) is 33.8 Å². The van der Waals surface area contributed by atoms with E-state index in [1.807, 2.05) is 17.2 Å². The molecule has 1 saturated heterocycles. The fraction of sp³-hybridized carbons (Fsp3) is 0.438. The molecule has 0 saturated carbocycles. The Labute approximate surface area is 129 Å². The Morgan fingerprint density at radius 2 is 2.41 bits per heavy atom. The van der Waals surface area contributed by atoms with Crippen molar-refractivity contribution in [1.82, 2.24) is 19.9 Å². The number of aromatic nitrogens is 3. The molecule has 0 bridgehead atoms. The maximum atomic E-state index is 12.1. The van der Waals surface area contributed by atoms with Crippen LogP contribution in [0.1, 0.15) is 26.2 Å². The fourth-order valence-corrected chi connectivity index (χ4v) is 3.14. The van der Waals surface area contributed by atoms with Crippen LogP contribution in [0, 0.1) is 0 Å². The Kier molecular flexibility index (Phi) is 4.09. The van der Waals surface area contributed by atoms with Crippen LogP contribution in [0.5, 0.6) is 0 Å². The second-order valence-corrected chi connectivity index (χ2v) is 5.64. The van der Waals surface area contributed by atoms with Gasteiger partial charge in [0.25, 0.3) is 0 Å². The molecule has 1 fully saturated rings. The predicted octanol–water partition coefficient (Wildman–Crippen LogP) is 2.33. The summed E-state index contributed by atoms with van der Waals surface area (Å²) in [6, 6.07) is 2.46. The zero-order valence-electron chi connectivity index (χ0n) is 12.7. The van der Waals surface area contributed by atoms with Gasteiger partial charge in [-0.05, 0) is 31.4 Å². The van der Waals surface area contributed by atoms with E-state index in [0.717, 1.165) is 36.1 Å². The third-order valence-electron chi connectivity index (χ3n) is 4.33. The van der Waals surface area contributed by atoms with Gasteiger partial charge in [-0.15, -0.1) is 0 Å². The smallest absolute Gasteiger partial charge is 0.246 e. The SMILES string of the molecule is C=CC(=O)N1C[C@H](Nc2ncnc3[nH]ccc23)CCC1CC. The van der Waals surface area contributed by atoms with Crippen LogP contribution >= 0.6 is 0 Å². The number of hydrogen-bond acceptors (Lipinski definition) is 4. The summed E-state index contributed by atoms with van der Waals surface area (Å²) in [5.74, 6) is 0.824. The Balaban J connectivity index is 1.77. The van der Waals surface area contributed by atoms with E-state index in [1.165, 1.54) is 6.08 Å². The average molecular weight is 299 g/mol. The molecule has 2 aromatic rings. The van der Waals surface area contributed by atoms with Gasteiger partial charge in [-0.2, -0.15) is 0 Å². The maximum absolute atomic E-state index is 12.1. The number of piperidine rings is 1. The van der Waals surface area contributed by atoms with Crippen molar-refractivity contribution in [2.45, 2.75) is 38.3 Å². The summed E-state index contributed by atoms with van der Waals surface area (Å²) < 4.78 is 0. The van der Waals surface area contributed by atoms with Crippen molar-refractivity contribution in [2.24, 2.45) is 0 Å². The molecule has 3 rings (SSSR count). The monoisotopic (exact) mass is 299 g/mol. The van der Waals surface area contributed by atoms with Gasteiger partial charge in [-0.3, -0.25) is 4.79 Å². The molecule has 6 heteroatoms. The Morgan fingerprint density at radius 3 is 3.18 bits per heavy atom. The highest BCUT2D eigenvalue weighted by atomic mass is 16.2. The Bertz CT molecular complexity index is 680. The standard InChI is InChI=1S/C16H21N5O/c1-3-12-6-5-11(9-21(12)14(22)4-2)20-16-13-7-8-17-15(13)18-10-19-16/h4,7-8,10-12H,2-3,5-6,9H2,1H3,(H2,17,18,19,20)/t11-,12?/m1/s1. The molecule has 2 atom stereocenters. The number of amides is 1. The largest absolute Gasteiger partial charge is 0.365 e. The van der Waals surface area contributed by atoms with Crippen molar-refractivity contribution >= 4 is 22.8 Å². The predicted molar refractivity (Wildman–Crippen MR) is 86.5 cm³/mol. The number of rotatable bonds is 4. The van der Waals surface area contributed by atoms with E-state index in [4.69, 9.17) is 0 Å². The minimum atomic E-state index is 0.00725. The lowest BCUT2D eigenvalue weighted by Crippen LogP contribution is -2.50. The summed E-state index contributed by atoms with van der Waals surface area (Å²) in [5, 5.41) is 4.44. The normalized spacial score (nSPS) is 21.8. The highest BCUT2D eigenvalue weighted by Gasteiger charge is 2.29. The molecular formula is C16H21N5O. The van der Waals surface area contributed by atoms with E-state index in [0.29, 0.717) is 12.6 Å². The van der Waals surface area contributed by atoms with E-state index >= 15 is 0 Å². The van der Waals surface area contributed by atoms with Gasteiger partial charge >= 0.3 is 0 Å². The lowest BCUT2D eigenvalue weighted by Gasteiger charge is -2.39. The van der Waals surface area contributed by atoms with Gasteiger partial charge in [0.2, 0.25) is 5.91 Å². The van der Waals surface area contributed by atoms with Gasteiger partial charge in [-0.1, -0.05) is 13.5 Å². The summed E-state index contributed by atoms with van der Waals surface area (Å²) >= 11 is 0. The number of carbonyl (C=O) groups is 1. The van der Waals surface area contributed by atoms with Crippen LogP contribution in [0.25, 0.3) is 11.0 Å². The molecule has 1 aliphatic rings. The van der Waals surface area contributed by atoms with Gasteiger partial charge in [0.05, 0.1) is 5.39 Å². The molecule has 1 amide bonds. The van der Waals surface area contributed by atoms with Gasteiger partial charge in [0.1, 0.15) is 17.8 Å². The topological polar surface area (TPSA) is 73.9 Å². The molecule has 6 nitrogen and oxygen atoms in total. The first-order valence-corrected chi connectivity index (χ1v) is 7.70. The third kappa shape index (κ3) is 2.68. The van der Waals surface area contributed by atoms with Crippen molar-refractivity contribution in [3.63, 3.8) is 0 Å². The van der Waals surface area contributed by atoms with Crippen LogP contribution < -0.4 is 5.32 Å². The first kappa shape index (κ1) is 14.6. The van der Waals surface area contributed by atoms with Crippen molar-refractivity contribution in [3.05, 3.63) is 31.2 Å². The maximum Gasteiger partial charge on any atom is 0.246 e. The molecule has 0 aromatic carbocycles. The number of likely N-dealkylation sites (tertiary alicyclic amines) is 1. The third-order valence-corrected chi connectivity index (χ3v) is 4.33. The number of H-pyrrole nitrogens is 1. The lowest BCUT2D eigenvalue weighted by atomic mass is 9.96. The van der Waals surface area contributed by atoms with Crippen molar-refractivity contribution in [1.29, 1.82) is 0 Å². The molecule has 1 aliphatic heterocycles. The molecule has 2 aromatic heterocycles. The number of nitrogens with one attached hydrogen (secondary N) is 2. The molecular weight excluding hydrogens is 278 g/mol. The Hall–Kier alpha value is -2.37. The lowest BCUT2D eigenvalue weighted by molar-refractivity contribution is -0.129. The van der Waals surface area contributed by atoms with Crippen LogP contribution in [-0.2, 0) is 4.79 Å². The molecule has 2 N–H and O–H groups in total. The molecule has 22 heavy (non-hydrogen) atoms. The number of anilines is 1. The second kappa shape index (κ2) is 6.17. The zero-order chi connectivity index (χ0) is 15.5. The summed E-state index contributed by atoms with van der Waals surface area (Å²) in [7, 11) is 0. The molecule has 3 heterocycles. The quantitative estimate of drug-likeness (QED) is 0.850. The minimum absolute atomic E-state index is 0.00725. The first-order chi connectivity index (χ1) is 10.7. The van der Waals surface area contributed by atoms with Crippen LogP contribution in [-0.4, -0.2) is 44.4 Å². The highest BCUT2D eigenvalue weighted by Crippen LogP contribution is 2.24. The molecule has 116 valence electrons.